The molecular formula is C23H23F6NO4. The number of carbonyl (C=O) groups is 2. The molecule has 1 unspecified atom stereocenters. The van der Waals surface area contributed by atoms with Gasteiger partial charge >= 0.3 is 18.3 Å². The largest absolute Gasteiger partial charge is 0.466 e. The highest BCUT2D eigenvalue weighted by Crippen LogP contribution is 2.36. The monoisotopic (exact) mass is 491 g/mol. The van der Waals surface area contributed by atoms with Gasteiger partial charge in [0.25, 0.3) is 0 Å². The maximum Gasteiger partial charge on any atom is 0.416 e. The Hall–Kier alpha value is -3.08. The van der Waals surface area contributed by atoms with Crippen molar-refractivity contribution in [3.63, 3.8) is 0 Å². The van der Waals surface area contributed by atoms with Crippen molar-refractivity contribution in [1.82, 2.24) is 5.32 Å². The van der Waals surface area contributed by atoms with Crippen LogP contribution >= 0.6 is 0 Å². The van der Waals surface area contributed by atoms with E-state index in [2.05, 4.69) is 5.32 Å². The molecule has 0 fully saturated rings. The summed E-state index contributed by atoms with van der Waals surface area (Å²) in [6, 6.07) is 9.94. The van der Waals surface area contributed by atoms with Crippen LogP contribution in [0.3, 0.4) is 0 Å². The summed E-state index contributed by atoms with van der Waals surface area (Å²) in [5.74, 6) is -1.76. The fourth-order valence-electron chi connectivity index (χ4n) is 3.06. The molecule has 0 aliphatic rings. The van der Waals surface area contributed by atoms with Gasteiger partial charge in [-0.25, -0.2) is 0 Å². The van der Waals surface area contributed by atoms with Gasteiger partial charge in [-0.1, -0.05) is 30.3 Å². The number of carbonyl (C=O) groups excluding carboxylic acids is 2. The van der Waals surface area contributed by atoms with E-state index in [-0.39, 0.29) is 31.4 Å². The predicted molar refractivity (Wildman–Crippen MR) is 110 cm³/mol. The van der Waals surface area contributed by atoms with Gasteiger partial charge in [0.1, 0.15) is 6.42 Å². The number of alkyl halides is 6. The van der Waals surface area contributed by atoms with Crippen molar-refractivity contribution in [1.29, 1.82) is 0 Å². The molecule has 0 aliphatic carbocycles. The zero-order valence-electron chi connectivity index (χ0n) is 18.1. The van der Waals surface area contributed by atoms with Crippen LogP contribution in [0, 0.1) is 0 Å². The number of halogens is 6. The van der Waals surface area contributed by atoms with Gasteiger partial charge < -0.3 is 14.8 Å². The van der Waals surface area contributed by atoms with Gasteiger partial charge in [-0.15, -0.1) is 0 Å². The van der Waals surface area contributed by atoms with E-state index >= 15 is 0 Å². The van der Waals surface area contributed by atoms with Crippen molar-refractivity contribution >= 4 is 11.9 Å². The van der Waals surface area contributed by atoms with Crippen LogP contribution in [0.25, 0.3) is 0 Å². The molecule has 186 valence electrons. The summed E-state index contributed by atoms with van der Waals surface area (Å²) in [6.45, 7) is 1.13. The van der Waals surface area contributed by atoms with E-state index in [1.807, 2.05) is 0 Å². The second kappa shape index (κ2) is 11.9. The summed E-state index contributed by atoms with van der Waals surface area (Å²) in [7, 11) is 0. The topological polar surface area (TPSA) is 64.6 Å². The maximum atomic E-state index is 13.0. The summed E-state index contributed by atoms with van der Waals surface area (Å²) < 4.78 is 88.4. The van der Waals surface area contributed by atoms with Crippen molar-refractivity contribution in [3.8, 4) is 0 Å². The number of benzene rings is 2. The molecule has 5 nitrogen and oxygen atoms in total. The Morgan fingerprint density at radius 2 is 1.53 bits per heavy atom. The Bertz CT molecular complexity index is 928. The van der Waals surface area contributed by atoms with Crippen molar-refractivity contribution in [2.24, 2.45) is 0 Å². The molecule has 1 N–H and O–H groups in total. The van der Waals surface area contributed by atoms with Gasteiger partial charge in [0.2, 0.25) is 5.91 Å². The number of rotatable bonds is 10. The van der Waals surface area contributed by atoms with Gasteiger partial charge in [-0.2, -0.15) is 26.3 Å². The van der Waals surface area contributed by atoms with Gasteiger partial charge in [-0.3, -0.25) is 9.59 Å². The Kier molecular flexibility index (Phi) is 9.48. The lowest BCUT2D eigenvalue weighted by atomic mass is 10.00. The van der Waals surface area contributed by atoms with Gasteiger partial charge in [0.15, 0.2) is 0 Å². The van der Waals surface area contributed by atoms with Gasteiger partial charge in [0.05, 0.1) is 30.9 Å². The molecular weight excluding hydrogens is 468 g/mol. The minimum absolute atomic E-state index is 0.0264. The molecule has 0 bridgehead atoms. The second-order valence-corrected chi connectivity index (χ2v) is 7.32. The number of amides is 1. The zero-order chi connectivity index (χ0) is 25.4. The lowest BCUT2D eigenvalue weighted by molar-refractivity contribution is -0.146. The first-order valence-electron chi connectivity index (χ1n) is 10.2. The van der Waals surface area contributed by atoms with Crippen LogP contribution in [0.4, 0.5) is 26.3 Å². The second-order valence-electron chi connectivity index (χ2n) is 7.32. The summed E-state index contributed by atoms with van der Waals surface area (Å²) >= 11 is 0. The average Bonchev–Trinajstić information content (AvgIpc) is 2.75. The molecule has 34 heavy (non-hydrogen) atoms. The molecule has 1 amide bonds. The first-order chi connectivity index (χ1) is 15.9. The van der Waals surface area contributed by atoms with E-state index in [9.17, 15) is 35.9 Å². The highest BCUT2D eigenvalue weighted by Gasteiger charge is 2.36. The minimum Gasteiger partial charge on any atom is -0.466 e. The smallest absolute Gasteiger partial charge is 0.416 e. The molecule has 2 aromatic rings. The molecule has 0 aromatic heterocycles. The minimum atomic E-state index is -4.95. The standard InChI is InChI=1S/C23H23F6NO4/c1-2-34-21(32)11-20(31)30-12-17(16-6-4-3-5-7-16)14-33-13-15-8-18(22(24,25)26)10-19(9-15)23(27,28)29/h3-10,17H,2,11-14H2,1H3,(H,30,31). The Morgan fingerprint density at radius 1 is 0.941 bits per heavy atom. The number of ether oxygens (including phenoxy) is 2. The molecule has 2 rings (SSSR count). The molecule has 0 heterocycles. The first kappa shape index (κ1) is 27.2. The fourth-order valence-corrected chi connectivity index (χ4v) is 3.06. The highest BCUT2D eigenvalue weighted by atomic mass is 19.4. The SMILES string of the molecule is CCOC(=O)CC(=O)NCC(COCc1cc(C(F)(F)F)cc(C(F)(F)F)c1)c1ccccc1. The van der Waals surface area contributed by atoms with Crippen LogP contribution in [0.15, 0.2) is 48.5 Å². The Morgan fingerprint density at radius 3 is 2.06 bits per heavy atom. The quantitative estimate of drug-likeness (QED) is 0.286. The Labute approximate surface area is 192 Å². The van der Waals surface area contributed by atoms with E-state index in [0.717, 1.165) is 5.56 Å². The third-order valence-corrected chi connectivity index (χ3v) is 4.66. The van der Waals surface area contributed by atoms with Crippen LogP contribution in [0.5, 0.6) is 0 Å². The van der Waals surface area contributed by atoms with Crippen LogP contribution in [0.1, 0.15) is 41.5 Å². The zero-order valence-corrected chi connectivity index (χ0v) is 18.1. The lowest BCUT2D eigenvalue weighted by Crippen LogP contribution is -2.32. The highest BCUT2D eigenvalue weighted by molar-refractivity contribution is 5.94. The van der Waals surface area contributed by atoms with Gasteiger partial charge in [0, 0.05) is 12.5 Å². The lowest BCUT2D eigenvalue weighted by Gasteiger charge is -2.19. The van der Waals surface area contributed by atoms with Crippen LogP contribution in [-0.2, 0) is 38.0 Å². The number of hydrogen-bond acceptors (Lipinski definition) is 4. The third-order valence-electron chi connectivity index (χ3n) is 4.66. The van der Waals surface area contributed by atoms with E-state index < -0.39 is 54.3 Å². The van der Waals surface area contributed by atoms with Crippen LogP contribution < -0.4 is 5.32 Å². The summed E-state index contributed by atoms with van der Waals surface area (Å²) in [5.41, 5.74) is -2.42. The van der Waals surface area contributed by atoms with E-state index in [0.29, 0.717) is 12.1 Å². The van der Waals surface area contributed by atoms with Crippen LogP contribution in [-0.4, -0.2) is 31.6 Å². The average molecular weight is 491 g/mol. The van der Waals surface area contributed by atoms with Crippen molar-refractivity contribution in [3.05, 3.63) is 70.8 Å². The van der Waals surface area contributed by atoms with Crippen LogP contribution in [0.2, 0.25) is 0 Å². The maximum absolute atomic E-state index is 13.0. The third kappa shape index (κ3) is 8.69. The summed E-state index contributed by atoms with van der Waals surface area (Å²) in [6.07, 6.45) is -10.4. The molecule has 1 atom stereocenters. The van der Waals surface area contributed by atoms with Crippen molar-refractivity contribution in [2.75, 3.05) is 19.8 Å². The van der Waals surface area contributed by atoms with Gasteiger partial charge in [-0.05, 0) is 36.2 Å². The molecule has 11 heteroatoms. The first-order valence-corrected chi connectivity index (χ1v) is 10.2. The van der Waals surface area contributed by atoms with E-state index in [1.54, 1.807) is 37.3 Å². The number of hydrogen-bond donors (Lipinski definition) is 1. The van der Waals surface area contributed by atoms with Crippen molar-refractivity contribution < 1.29 is 45.4 Å². The molecule has 0 aliphatic heterocycles. The Balaban J connectivity index is 2.09. The normalized spacial score (nSPS) is 12.8. The fraction of sp³-hybridized carbons (Fsp3) is 0.391. The molecule has 0 spiro atoms. The molecule has 0 saturated heterocycles. The molecule has 2 aromatic carbocycles. The number of nitrogens with one attached hydrogen (secondary N) is 1. The molecule has 0 saturated carbocycles. The summed E-state index contributed by atoms with van der Waals surface area (Å²) in [4.78, 5) is 23.4. The van der Waals surface area contributed by atoms with Crippen molar-refractivity contribution in [2.45, 2.75) is 38.2 Å². The van der Waals surface area contributed by atoms with E-state index in [4.69, 9.17) is 9.47 Å². The summed E-state index contributed by atoms with van der Waals surface area (Å²) in [5, 5.41) is 2.56. The predicted octanol–water partition coefficient (Wildman–Crippen LogP) is 5.09. The number of esters is 1. The van der Waals surface area contributed by atoms with E-state index in [1.165, 1.54) is 0 Å². The molecule has 0 radical (unpaired) electrons.